The zero-order chi connectivity index (χ0) is 13.2. The summed E-state index contributed by atoms with van der Waals surface area (Å²) in [5.74, 6) is -0.296. The second-order valence-electron chi connectivity index (χ2n) is 4.27. The van der Waals surface area contributed by atoms with E-state index in [1.807, 2.05) is 48.5 Å². The number of rotatable bonds is 3. The van der Waals surface area contributed by atoms with Gasteiger partial charge in [-0.3, -0.25) is 4.79 Å². The quantitative estimate of drug-likeness (QED) is 0.703. The van der Waals surface area contributed by atoms with Crippen molar-refractivity contribution >= 4 is 33.5 Å². The average Bonchev–Trinajstić information content (AvgIpc) is 2.44. The molecular formula is C15H12N2O2. The minimum absolute atomic E-state index is 0.144. The lowest BCUT2D eigenvalue weighted by Crippen LogP contribution is -2.13. The van der Waals surface area contributed by atoms with E-state index in [1.165, 1.54) is 0 Å². The summed E-state index contributed by atoms with van der Waals surface area (Å²) in [7, 11) is 0. The highest BCUT2D eigenvalue weighted by Crippen LogP contribution is 2.28. The molecule has 2 aromatic carbocycles. The molecule has 4 nitrogen and oxygen atoms in total. The summed E-state index contributed by atoms with van der Waals surface area (Å²) in [6.07, 6.45) is 0. The molecule has 0 unspecified atom stereocenters. The fraction of sp³-hybridized carbons (Fsp3) is 0.0667. The zero-order valence-corrected chi connectivity index (χ0v) is 10.1. The maximum absolute atomic E-state index is 10.7. The van der Waals surface area contributed by atoms with Crippen LogP contribution in [-0.4, -0.2) is 22.6 Å². The number of benzene rings is 2. The number of hydrogen-bond donors (Lipinski definition) is 2. The predicted octanol–water partition coefficient (Wildman–Crippen LogP) is 2.88. The largest absolute Gasteiger partial charge is 0.480 e. The van der Waals surface area contributed by atoms with Gasteiger partial charge in [0.1, 0.15) is 12.4 Å². The highest BCUT2D eigenvalue weighted by atomic mass is 16.4. The first-order valence-electron chi connectivity index (χ1n) is 5.99. The van der Waals surface area contributed by atoms with Gasteiger partial charge in [0.2, 0.25) is 0 Å². The molecule has 0 radical (unpaired) electrons. The van der Waals surface area contributed by atoms with E-state index < -0.39 is 5.97 Å². The minimum Gasteiger partial charge on any atom is -0.480 e. The molecule has 0 aliphatic heterocycles. The first-order chi connectivity index (χ1) is 9.25. The van der Waals surface area contributed by atoms with Gasteiger partial charge in [-0.05, 0) is 11.5 Å². The Balaban J connectivity index is 2.26. The number of aliphatic carboxylic acids is 1. The number of carboxylic acid groups (broad SMARTS) is 1. The van der Waals surface area contributed by atoms with E-state index in [4.69, 9.17) is 5.11 Å². The lowest BCUT2D eigenvalue weighted by molar-refractivity contribution is -0.134. The third-order valence-electron chi connectivity index (χ3n) is 3.02. The Kier molecular flexibility index (Phi) is 2.76. The van der Waals surface area contributed by atoms with Crippen LogP contribution in [0.1, 0.15) is 0 Å². The summed E-state index contributed by atoms with van der Waals surface area (Å²) in [5, 5.41) is 14.7. The van der Waals surface area contributed by atoms with E-state index in [2.05, 4.69) is 10.3 Å². The molecule has 1 heterocycles. The number of fused-ring (bicyclic) bond motifs is 3. The van der Waals surface area contributed by atoms with E-state index >= 15 is 0 Å². The van der Waals surface area contributed by atoms with Gasteiger partial charge >= 0.3 is 5.97 Å². The van der Waals surface area contributed by atoms with Gasteiger partial charge in [0, 0.05) is 10.8 Å². The molecule has 94 valence electrons. The highest BCUT2D eigenvalue weighted by Gasteiger charge is 2.08. The summed E-state index contributed by atoms with van der Waals surface area (Å²) in [5.41, 5.74) is 0.856. The van der Waals surface area contributed by atoms with Gasteiger partial charge < -0.3 is 10.4 Å². The summed E-state index contributed by atoms with van der Waals surface area (Å²) < 4.78 is 0. The van der Waals surface area contributed by atoms with Crippen LogP contribution in [0.15, 0.2) is 48.5 Å². The molecule has 1 aromatic heterocycles. The monoisotopic (exact) mass is 252 g/mol. The molecule has 3 rings (SSSR count). The standard InChI is InChI=1S/C15H12N2O2/c18-14(19)9-16-15-12-7-2-1-5-10(12)11-6-3-4-8-13(11)17-15/h1-8H,9H2,(H,16,17)(H,18,19). The normalized spacial score (nSPS) is 10.7. The smallest absolute Gasteiger partial charge is 0.322 e. The third kappa shape index (κ3) is 2.08. The fourth-order valence-electron chi connectivity index (χ4n) is 2.20. The molecule has 2 N–H and O–H groups in total. The van der Waals surface area contributed by atoms with Crippen LogP contribution in [0.25, 0.3) is 21.7 Å². The van der Waals surface area contributed by atoms with Gasteiger partial charge in [-0.1, -0.05) is 42.5 Å². The van der Waals surface area contributed by atoms with Crippen molar-refractivity contribution in [2.24, 2.45) is 0 Å². The predicted molar refractivity (Wildman–Crippen MR) is 75.4 cm³/mol. The van der Waals surface area contributed by atoms with Gasteiger partial charge in [0.05, 0.1) is 5.52 Å². The van der Waals surface area contributed by atoms with Crippen LogP contribution in [-0.2, 0) is 4.79 Å². The van der Waals surface area contributed by atoms with Crippen molar-refractivity contribution in [1.29, 1.82) is 0 Å². The van der Waals surface area contributed by atoms with Crippen LogP contribution < -0.4 is 5.32 Å². The molecule has 0 aliphatic carbocycles. The van der Waals surface area contributed by atoms with Crippen LogP contribution >= 0.6 is 0 Å². The molecule has 0 saturated heterocycles. The Labute approximate surface area is 109 Å². The Hall–Kier alpha value is -2.62. The Morgan fingerprint density at radius 3 is 2.37 bits per heavy atom. The van der Waals surface area contributed by atoms with E-state index in [1.54, 1.807) is 0 Å². The lowest BCUT2D eigenvalue weighted by atomic mass is 10.1. The van der Waals surface area contributed by atoms with Gasteiger partial charge in [-0.2, -0.15) is 0 Å². The summed E-state index contributed by atoms with van der Waals surface area (Å²) >= 11 is 0. The van der Waals surface area contributed by atoms with Crippen LogP contribution in [0.2, 0.25) is 0 Å². The van der Waals surface area contributed by atoms with Crippen molar-refractivity contribution in [2.45, 2.75) is 0 Å². The van der Waals surface area contributed by atoms with E-state index in [0.29, 0.717) is 5.82 Å². The Morgan fingerprint density at radius 1 is 1.00 bits per heavy atom. The van der Waals surface area contributed by atoms with Gasteiger partial charge in [0.15, 0.2) is 0 Å². The molecule has 3 aromatic rings. The number of aromatic nitrogens is 1. The van der Waals surface area contributed by atoms with Gasteiger partial charge in [-0.25, -0.2) is 4.98 Å². The van der Waals surface area contributed by atoms with E-state index in [9.17, 15) is 4.79 Å². The van der Waals surface area contributed by atoms with Crippen LogP contribution in [0.4, 0.5) is 5.82 Å². The SMILES string of the molecule is O=C(O)CNc1nc2ccccc2c2ccccc12. The minimum atomic E-state index is -0.904. The summed E-state index contributed by atoms with van der Waals surface area (Å²) in [6.45, 7) is -0.144. The number of pyridine rings is 1. The highest BCUT2D eigenvalue weighted by molar-refractivity contribution is 6.10. The van der Waals surface area contributed by atoms with Crippen LogP contribution in [0.3, 0.4) is 0 Å². The van der Waals surface area contributed by atoms with Crippen molar-refractivity contribution in [3.8, 4) is 0 Å². The van der Waals surface area contributed by atoms with Crippen molar-refractivity contribution < 1.29 is 9.90 Å². The maximum atomic E-state index is 10.7. The molecule has 0 spiro atoms. The number of carbonyl (C=O) groups is 1. The summed E-state index contributed by atoms with van der Waals surface area (Å²) in [6, 6.07) is 15.7. The fourth-order valence-corrected chi connectivity index (χ4v) is 2.20. The average molecular weight is 252 g/mol. The maximum Gasteiger partial charge on any atom is 0.322 e. The van der Waals surface area contributed by atoms with E-state index in [-0.39, 0.29) is 6.54 Å². The molecular weight excluding hydrogens is 240 g/mol. The number of anilines is 1. The van der Waals surface area contributed by atoms with Crippen LogP contribution in [0.5, 0.6) is 0 Å². The van der Waals surface area contributed by atoms with Crippen LogP contribution in [0, 0.1) is 0 Å². The molecule has 0 atom stereocenters. The van der Waals surface area contributed by atoms with Crippen molar-refractivity contribution in [3.05, 3.63) is 48.5 Å². The number of nitrogens with zero attached hydrogens (tertiary/aromatic N) is 1. The van der Waals surface area contributed by atoms with Gasteiger partial charge in [0.25, 0.3) is 0 Å². The molecule has 0 amide bonds. The lowest BCUT2D eigenvalue weighted by Gasteiger charge is -2.10. The molecule has 0 fully saturated rings. The summed E-state index contributed by atoms with van der Waals surface area (Å²) in [4.78, 5) is 15.2. The molecule has 0 bridgehead atoms. The topological polar surface area (TPSA) is 62.2 Å². The van der Waals surface area contributed by atoms with Crippen molar-refractivity contribution in [1.82, 2.24) is 4.98 Å². The number of carboxylic acids is 1. The van der Waals surface area contributed by atoms with Crippen molar-refractivity contribution in [2.75, 3.05) is 11.9 Å². The van der Waals surface area contributed by atoms with Crippen molar-refractivity contribution in [3.63, 3.8) is 0 Å². The first-order valence-corrected chi connectivity index (χ1v) is 5.99. The van der Waals surface area contributed by atoms with Gasteiger partial charge in [-0.15, -0.1) is 0 Å². The third-order valence-corrected chi connectivity index (χ3v) is 3.02. The molecule has 19 heavy (non-hydrogen) atoms. The number of hydrogen-bond acceptors (Lipinski definition) is 3. The number of para-hydroxylation sites is 1. The molecule has 0 saturated carbocycles. The Morgan fingerprint density at radius 2 is 1.63 bits per heavy atom. The molecule has 0 aliphatic rings. The molecule has 4 heteroatoms. The Bertz CT molecular complexity index is 768. The second kappa shape index (κ2) is 4.57. The zero-order valence-electron chi connectivity index (χ0n) is 10.1. The first kappa shape index (κ1) is 11.5. The number of nitrogens with one attached hydrogen (secondary N) is 1. The second-order valence-corrected chi connectivity index (χ2v) is 4.27. The van der Waals surface area contributed by atoms with E-state index in [0.717, 1.165) is 21.7 Å².